The summed E-state index contributed by atoms with van der Waals surface area (Å²) < 4.78 is 2.85. The number of hydrogen-bond donors (Lipinski definition) is 1. The zero-order valence-corrected chi connectivity index (χ0v) is 15.5. The number of aromatic nitrogens is 2. The van der Waals surface area contributed by atoms with E-state index in [1.54, 1.807) is 0 Å². The van der Waals surface area contributed by atoms with Gasteiger partial charge in [-0.25, -0.2) is 0 Å². The molecule has 0 spiro atoms. The van der Waals surface area contributed by atoms with E-state index < -0.39 is 6.04 Å². The van der Waals surface area contributed by atoms with Crippen LogP contribution in [0.5, 0.6) is 0 Å². The average molecular weight is 379 g/mol. The smallest absolute Gasteiger partial charge is 0.239 e. The standard InChI is InChI=1S/C17H23BrN4O/c1-17(2,3)22-11-12(9-20-22)10-21(4)15(16(19)23)13-6-5-7-14(18)8-13/h5-9,11,15H,10H2,1-4H3,(H2,19,23). The molecule has 1 amide bonds. The van der Waals surface area contributed by atoms with Gasteiger partial charge in [-0.2, -0.15) is 5.10 Å². The molecule has 2 rings (SSSR count). The third kappa shape index (κ3) is 4.42. The van der Waals surface area contributed by atoms with Crippen molar-refractivity contribution in [3.63, 3.8) is 0 Å². The summed E-state index contributed by atoms with van der Waals surface area (Å²) >= 11 is 3.44. The Morgan fingerprint density at radius 1 is 1.43 bits per heavy atom. The summed E-state index contributed by atoms with van der Waals surface area (Å²) in [6.07, 6.45) is 3.84. The van der Waals surface area contributed by atoms with E-state index in [4.69, 9.17) is 5.73 Å². The minimum absolute atomic E-state index is 0.0653. The normalized spacial score (nSPS) is 13.3. The highest BCUT2D eigenvalue weighted by molar-refractivity contribution is 9.10. The summed E-state index contributed by atoms with van der Waals surface area (Å²) in [5.74, 6) is -0.367. The molecule has 0 saturated heterocycles. The SMILES string of the molecule is CN(Cc1cnn(C(C)(C)C)c1)C(C(N)=O)c1cccc(Br)c1. The Bertz CT molecular complexity index is 690. The first-order valence-corrected chi connectivity index (χ1v) is 8.27. The van der Waals surface area contributed by atoms with Crippen LogP contribution >= 0.6 is 15.9 Å². The monoisotopic (exact) mass is 378 g/mol. The molecule has 124 valence electrons. The third-order valence-electron chi connectivity index (χ3n) is 3.63. The Balaban J connectivity index is 2.21. The lowest BCUT2D eigenvalue weighted by Gasteiger charge is -2.25. The van der Waals surface area contributed by atoms with Gasteiger partial charge in [0.1, 0.15) is 6.04 Å². The molecule has 1 aromatic carbocycles. The maximum absolute atomic E-state index is 12.0. The number of carbonyl (C=O) groups excluding carboxylic acids is 1. The highest BCUT2D eigenvalue weighted by Crippen LogP contribution is 2.24. The fraction of sp³-hybridized carbons (Fsp3) is 0.412. The van der Waals surface area contributed by atoms with E-state index >= 15 is 0 Å². The predicted octanol–water partition coefficient (Wildman–Crippen LogP) is 3.06. The van der Waals surface area contributed by atoms with Crippen molar-refractivity contribution in [3.8, 4) is 0 Å². The number of primary amides is 1. The van der Waals surface area contributed by atoms with Gasteiger partial charge in [-0.1, -0.05) is 28.1 Å². The molecular formula is C17H23BrN4O. The van der Waals surface area contributed by atoms with Crippen LogP contribution in [0.2, 0.25) is 0 Å². The second-order valence-electron chi connectivity index (χ2n) is 6.74. The van der Waals surface area contributed by atoms with E-state index in [1.807, 2.05) is 53.3 Å². The predicted molar refractivity (Wildman–Crippen MR) is 94.8 cm³/mol. The molecule has 2 N–H and O–H groups in total. The molecular weight excluding hydrogens is 356 g/mol. The van der Waals surface area contributed by atoms with Crippen LogP contribution in [0.1, 0.15) is 37.9 Å². The quantitative estimate of drug-likeness (QED) is 0.869. The lowest BCUT2D eigenvalue weighted by molar-refractivity contribution is -0.123. The molecule has 6 heteroatoms. The molecule has 0 aliphatic rings. The second-order valence-corrected chi connectivity index (χ2v) is 7.65. The van der Waals surface area contributed by atoms with Crippen LogP contribution in [0.25, 0.3) is 0 Å². The Labute approximate surface area is 145 Å². The molecule has 0 saturated carbocycles. The molecule has 0 fully saturated rings. The van der Waals surface area contributed by atoms with Crippen molar-refractivity contribution in [2.45, 2.75) is 38.9 Å². The number of benzene rings is 1. The van der Waals surface area contributed by atoms with Gasteiger partial charge >= 0.3 is 0 Å². The molecule has 1 heterocycles. The summed E-state index contributed by atoms with van der Waals surface area (Å²) in [5.41, 5.74) is 7.48. The number of amides is 1. The number of hydrogen-bond acceptors (Lipinski definition) is 3. The molecule has 0 aliphatic heterocycles. The number of likely N-dealkylation sites (N-methyl/N-ethyl adjacent to an activating group) is 1. The molecule has 23 heavy (non-hydrogen) atoms. The summed E-state index contributed by atoms with van der Waals surface area (Å²) in [6, 6.07) is 7.18. The van der Waals surface area contributed by atoms with Crippen molar-refractivity contribution in [2.24, 2.45) is 5.73 Å². The van der Waals surface area contributed by atoms with Crippen molar-refractivity contribution < 1.29 is 4.79 Å². The maximum Gasteiger partial charge on any atom is 0.239 e. The van der Waals surface area contributed by atoms with Crippen molar-refractivity contribution in [3.05, 3.63) is 52.3 Å². The van der Waals surface area contributed by atoms with Gasteiger partial charge in [0.05, 0.1) is 11.7 Å². The van der Waals surface area contributed by atoms with Gasteiger partial charge in [0.2, 0.25) is 5.91 Å². The topological polar surface area (TPSA) is 64.2 Å². The Morgan fingerprint density at radius 3 is 2.65 bits per heavy atom. The minimum atomic E-state index is -0.481. The van der Waals surface area contributed by atoms with Crippen LogP contribution in [0.15, 0.2) is 41.1 Å². The Kier molecular flexibility index (Phi) is 5.26. The van der Waals surface area contributed by atoms with Crippen LogP contribution < -0.4 is 5.73 Å². The first-order chi connectivity index (χ1) is 10.7. The summed E-state index contributed by atoms with van der Waals surface area (Å²) in [5, 5.41) is 4.40. The molecule has 0 aliphatic carbocycles. The molecule has 0 radical (unpaired) electrons. The zero-order chi connectivity index (χ0) is 17.2. The number of halogens is 1. The fourth-order valence-electron chi connectivity index (χ4n) is 2.50. The van der Waals surface area contributed by atoms with Gasteiger partial charge in [-0.15, -0.1) is 0 Å². The van der Waals surface area contributed by atoms with Crippen LogP contribution in [0, 0.1) is 0 Å². The van der Waals surface area contributed by atoms with E-state index in [-0.39, 0.29) is 11.4 Å². The van der Waals surface area contributed by atoms with Crippen LogP contribution in [-0.2, 0) is 16.9 Å². The van der Waals surface area contributed by atoms with E-state index in [1.165, 1.54) is 0 Å². The van der Waals surface area contributed by atoms with Gasteiger partial charge < -0.3 is 5.73 Å². The number of nitrogens with two attached hydrogens (primary N) is 1. The molecule has 1 aromatic heterocycles. The van der Waals surface area contributed by atoms with E-state index in [0.29, 0.717) is 6.54 Å². The summed E-state index contributed by atoms with van der Waals surface area (Å²) in [6.45, 7) is 6.89. The van der Waals surface area contributed by atoms with E-state index in [0.717, 1.165) is 15.6 Å². The Morgan fingerprint density at radius 2 is 2.13 bits per heavy atom. The minimum Gasteiger partial charge on any atom is -0.368 e. The van der Waals surface area contributed by atoms with E-state index in [9.17, 15) is 4.79 Å². The second kappa shape index (κ2) is 6.84. The van der Waals surface area contributed by atoms with Gasteiger partial charge in [-0.05, 0) is 45.5 Å². The molecule has 1 atom stereocenters. The lowest BCUT2D eigenvalue weighted by atomic mass is 10.0. The Hall–Kier alpha value is -1.66. The first kappa shape index (κ1) is 17.7. The van der Waals surface area contributed by atoms with Gasteiger partial charge in [0, 0.05) is 22.8 Å². The highest BCUT2D eigenvalue weighted by Gasteiger charge is 2.24. The van der Waals surface area contributed by atoms with Crippen molar-refractivity contribution >= 4 is 21.8 Å². The molecule has 5 nitrogen and oxygen atoms in total. The van der Waals surface area contributed by atoms with Crippen LogP contribution in [-0.4, -0.2) is 27.6 Å². The van der Waals surface area contributed by atoms with Crippen molar-refractivity contribution in [2.75, 3.05) is 7.05 Å². The molecule has 0 bridgehead atoms. The van der Waals surface area contributed by atoms with Crippen LogP contribution in [0.4, 0.5) is 0 Å². The first-order valence-electron chi connectivity index (χ1n) is 7.47. The third-order valence-corrected chi connectivity index (χ3v) is 4.12. The zero-order valence-electron chi connectivity index (χ0n) is 14.0. The number of rotatable bonds is 5. The molecule has 1 unspecified atom stereocenters. The lowest BCUT2D eigenvalue weighted by Crippen LogP contribution is -2.35. The van der Waals surface area contributed by atoms with Crippen molar-refractivity contribution in [1.29, 1.82) is 0 Å². The van der Waals surface area contributed by atoms with Gasteiger partial charge in [-0.3, -0.25) is 14.4 Å². The number of nitrogens with zero attached hydrogens (tertiary/aromatic N) is 3. The van der Waals surface area contributed by atoms with E-state index in [2.05, 4.69) is 41.8 Å². The highest BCUT2D eigenvalue weighted by atomic mass is 79.9. The van der Waals surface area contributed by atoms with Crippen LogP contribution in [0.3, 0.4) is 0 Å². The summed E-state index contributed by atoms with van der Waals surface area (Å²) in [4.78, 5) is 13.9. The largest absolute Gasteiger partial charge is 0.368 e. The number of carbonyl (C=O) groups is 1. The average Bonchev–Trinajstić information content (AvgIpc) is 2.86. The summed E-state index contributed by atoms with van der Waals surface area (Å²) in [7, 11) is 1.89. The molecule has 2 aromatic rings. The maximum atomic E-state index is 12.0. The fourth-order valence-corrected chi connectivity index (χ4v) is 2.92. The van der Waals surface area contributed by atoms with Gasteiger partial charge in [0.15, 0.2) is 0 Å². The van der Waals surface area contributed by atoms with Crippen molar-refractivity contribution in [1.82, 2.24) is 14.7 Å². The van der Waals surface area contributed by atoms with Gasteiger partial charge in [0.25, 0.3) is 0 Å².